The number of likely N-dealkylation sites (N-methyl/N-ethyl adjacent to an activating group) is 1. The third kappa shape index (κ3) is 4.94. The molecule has 0 aliphatic carbocycles. The second kappa shape index (κ2) is 8.48. The van der Waals surface area contributed by atoms with Crippen LogP contribution in [0.4, 0.5) is 0 Å². The van der Waals surface area contributed by atoms with Crippen molar-refractivity contribution in [3.8, 4) is 0 Å². The quantitative estimate of drug-likeness (QED) is 0.742. The number of piperidine rings is 1. The number of carbonyl (C=O) groups excluding carboxylic acids is 1. The summed E-state index contributed by atoms with van der Waals surface area (Å²) in [6.45, 7) is 12.8. The van der Waals surface area contributed by atoms with E-state index >= 15 is 0 Å². The normalized spacial score (nSPS) is 20.9. The van der Waals surface area contributed by atoms with Crippen LogP contribution in [0.5, 0.6) is 0 Å². The molecule has 1 N–H and O–H groups in total. The van der Waals surface area contributed by atoms with Crippen molar-refractivity contribution in [1.82, 2.24) is 15.1 Å². The molecule has 0 saturated carbocycles. The molecule has 0 aromatic heterocycles. The lowest BCUT2D eigenvalue weighted by Gasteiger charge is -2.33. The molecule has 1 amide bonds. The van der Waals surface area contributed by atoms with E-state index in [1.165, 1.54) is 12.8 Å². The Balaban J connectivity index is 2.35. The molecule has 0 spiro atoms. The molecular formula is C14H29N3O. The second-order valence-corrected chi connectivity index (χ2v) is 5.12. The predicted molar refractivity (Wildman–Crippen MR) is 75.6 cm³/mol. The molecule has 1 rings (SSSR count). The van der Waals surface area contributed by atoms with Crippen molar-refractivity contribution in [2.45, 2.75) is 33.6 Å². The minimum atomic E-state index is 0.282. The van der Waals surface area contributed by atoms with E-state index in [0.29, 0.717) is 12.5 Å². The summed E-state index contributed by atoms with van der Waals surface area (Å²) in [6, 6.07) is 0. The van der Waals surface area contributed by atoms with Crippen LogP contribution in [-0.4, -0.2) is 61.5 Å². The molecule has 1 saturated heterocycles. The highest BCUT2D eigenvalue weighted by atomic mass is 16.2. The van der Waals surface area contributed by atoms with Gasteiger partial charge < -0.3 is 10.2 Å². The Labute approximate surface area is 112 Å². The van der Waals surface area contributed by atoms with E-state index in [9.17, 15) is 4.79 Å². The van der Waals surface area contributed by atoms with Crippen molar-refractivity contribution in [2.24, 2.45) is 5.92 Å². The standard InChI is InChI=1S/C14H29N3O/c1-4-15-10-13-8-7-9-16(11-13)12-14(18)17(5-2)6-3/h13,15H,4-12H2,1-3H3. The first-order valence-corrected chi connectivity index (χ1v) is 7.42. The van der Waals surface area contributed by atoms with Gasteiger partial charge in [0.25, 0.3) is 0 Å². The highest BCUT2D eigenvalue weighted by molar-refractivity contribution is 5.78. The minimum Gasteiger partial charge on any atom is -0.342 e. The van der Waals surface area contributed by atoms with Gasteiger partial charge in [0.2, 0.25) is 5.91 Å². The van der Waals surface area contributed by atoms with Crippen LogP contribution in [0.3, 0.4) is 0 Å². The smallest absolute Gasteiger partial charge is 0.236 e. The number of rotatable bonds is 7. The van der Waals surface area contributed by atoms with Crippen LogP contribution >= 0.6 is 0 Å². The molecule has 0 radical (unpaired) electrons. The summed E-state index contributed by atoms with van der Waals surface area (Å²) in [5.41, 5.74) is 0. The molecule has 0 aromatic carbocycles. The third-order valence-electron chi connectivity index (χ3n) is 3.76. The molecule has 1 aliphatic heterocycles. The first-order chi connectivity index (χ1) is 8.71. The lowest BCUT2D eigenvalue weighted by Crippen LogP contribution is -2.45. The molecule has 1 fully saturated rings. The van der Waals surface area contributed by atoms with Gasteiger partial charge in [-0.3, -0.25) is 9.69 Å². The first-order valence-electron chi connectivity index (χ1n) is 7.42. The molecule has 0 bridgehead atoms. The fraction of sp³-hybridized carbons (Fsp3) is 0.929. The van der Waals surface area contributed by atoms with Crippen LogP contribution in [0.25, 0.3) is 0 Å². The molecule has 18 heavy (non-hydrogen) atoms. The second-order valence-electron chi connectivity index (χ2n) is 5.12. The van der Waals surface area contributed by atoms with Gasteiger partial charge in [-0.1, -0.05) is 6.92 Å². The zero-order valence-corrected chi connectivity index (χ0v) is 12.2. The van der Waals surface area contributed by atoms with Gasteiger partial charge in [0.1, 0.15) is 0 Å². The number of hydrogen-bond acceptors (Lipinski definition) is 3. The molecule has 106 valence electrons. The van der Waals surface area contributed by atoms with E-state index in [1.807, 2.05) is 18.7 Å². The van der Waals surface area contributed by atoms with Gasteiger partial charge in [-0.25, -0.2) is 0 Å². The van der Waals surface area contributed by atoms with Gasteiger partial charge in [-0.05, 0) is 52.2 Å². The van der Waals surface area contributed by atoms with Crippen LogP contribution in [0.2, 0.25) is 0 Å². The van der Waals surface area contributed by atoms with Crippen molar-refractivity contribution in [1.29, 1.82) is 0 Å². The third-order valence-corrected chi connectivity index (χ3v) is 3.76. The predicted octanol–water partition coefficient (Wildman–Crippen LogP) is 1.18. The molecule has 1 unspecified atom stereocenters. The Morgan fingerprint density at radius 3 is 2.67 bits per heavy atom. The van der Waals surface area contributed by atoms with Gasteiger partial charge in [0.15, 0.2) is 0 Å². The van der Waals surface area contributed by atoms with Crippen molar-refractivity contribution in [2.75, 3.05) is 45.8 Å². The fourth-order valence-electron chi connectivity index (χ4n) is 2.68. The molecule has 1 heterocycles. The van der Waals surface area contributed by atoms with E-state index in [-0.39, 0.29) is 5.91 Å². The minimum absolute atomic E-state index is 0.282. The highest BCUT2D eigenvalue weighted by Crippen LogP contribution is 2.15. The van der Waals surface area contributed by atoms with Crippen LogP contribution < -0.4 is 5.32 Å². The van der Waals surface area contributed by atoms with Gasteiger partial charge >= 0.3 is 0 Å². The van der Waals surface area contributed by atoms with Crippen molar-refractivity contribution < 1.29 is 4.79 Å². The Morgan fingerprint density at radius 1 is 1.33 bits per heavy atom. The maximum Gasteiger partial charge on any atom is 0.236 e. The Hall–Kier alpha value is -0.610. The van der Waals surface area contributed by atoms with E-state index in [2.05, 4.69) is 17.1 Å². The average Bonchev–Trinajstić information content (AvgIpc) is 2.38. The van der Waals surface area contributed by atoms with Crippen LogP contribution in [0, 0.1) is 5.92 Å². The van der Waals surface area contributed by atoms with Crippen molar-refractivity contribution >= 4 is 5.91 Å². The van der Waals surface area contributed by atoms with E-state index in [1.54, 1.807) is 0 Å². The van der Waals surface area contributed by atoms with E-state index in [4.69, 9.17) is 0 Å². The molecular weight excluding hydrogens is 226 g/mol. The summed E-state index contributed by atoms with van der Waals surface area (Å²) < 4.78 is 0. The summed E-state index contributed by atoms with van der Waals surface area (Å²) in [6.07, 6.45) is 2.52. The molecule has 4 heteroatoms. The zero-order valence-electron chi connectivity index (χ0n) is 12.2. The van der Waals surface area contributed by atoms with Gasteiger partial charge in [-0.15, -0.1) is 0 Å². The zero-order chi connectivity index (χ0) is 13.4. The average molecular weight is 255 g/mol. The monoisotopic (exact) mass is 255 g/mol. The summed E-state index contributed by atoms with van der Waals surface area (Å²) in [7, 11) is 0. The van der Waals surface area contributed by atoms with Crippen molar-refractivity contribution in [3.63, 3.8) is 0 Å². The van der Waals surface area contributed by atoms with E-state index < -0.39 is 0 Å². The van der Waals surface area contributed by atoms with Gasteiger partial charge in [0, 0.05) is 19.6 Å². The number of hydrogen-bond donors (Lipinski definition) is 1. The summed E-state index contributed by atoms with van der Waals surface area (Å²) >= 11 is 0. The summed E-state index contributed by atoms with van der Waals surface area (Å²) in [5, 5.41) is 3.41. The maximum atomic E-state index is 12.1. The largest absolute Gasteiger partial charge is 0.342 e. The Morgan fingerprint density at radius 2 is 2.06 bits per heavy atom. The summed E-state index contributed by atoms with van der Waals surface area (Å²) in [5.74, 6) is 0.993. The van der Waals surface area contributed by atoms with Crippen LogP contribution in [0.1, 0.15) is 33.6 Å². The van der Waals surface area contributed by atoms with Crippen LogP contribution in [0.15, 0.2) is 0 Å². The number of nitrogens with one attached hydrogen (secondary N) is 1. The molecule has 1 atom stereocenters. The number of amides is 1. The lowest BCUT2D eigenvalue weighted by molar-refractivity contribution is -0.132. The fourth-order valence-corrected chi connectivity index (χ4v) is 2.68. The molecule has 4 nitrogen and oxygen atoms in total. The van der Waals surface area contributed by atoms with E-state index in [0.717, 1.165) is 39.3 Å². The van der Waals surface area contributed by atoms with Gasteiger partial charge in [0.05, 0.1) is 6.54 Å². The highest BCUT2D eigenvalue weighted by Gasteiger charge is 2.22. The topological polar surface area (TPSA) is 35.6 Å². The summed E-state index contributed by atoms with van der Waals surface area (Å²) in [4.78, 5) is 16.3. The molecule has 0 aromatic rings. The van der Waals surface area contributed by atoms with Crippen molar-refractivity contribution in [3.05, 3.63) is 0 Å². The number of likely N-dealkylation sites (tertiary alicyclic amines) is 1. The Kier molecular flexibility index (Phi) is 7.28. The lowest BCUT2D eigenvalue weighted by atomic mass is 9.98. The first kappa shape index (κ1) is 15.4. The number of carbonyl (C=O) groups is 1. The molecule has 1 aliphatic rings. The maximum absolute atomic E-state index is 12.1. The Bertz CT molecular complexity index is 241. The number of nitrogens with zero attached hydrogens (tertiary/aromatic N) is 2. The SMILES string of the molecule is CCNCC1CCCN(CC(=O)N(CC)CC)C1. The van der Waals surface area contributed by atoms with Crippen LogP contribution in [-0.2, 0) is 4.79 Å². The van der Waals surface area contributed by atoms with Gasteiger partial charge in [-0.2, -0.15) is 0 Å².